The van der Waals surface area contributed by atoms with Gasteiger partial charge in [0.1, 0.15) is 0 Å². The van der Waals surface area contributed by atoms with Gasteiger partial charge >= 0.3 is 0 Å². The molecule has 0 fully saturated rings. The van der Waals surface area contributed by atoms with Crippen LogP contribution in [0.4, 0.5) is 0 Å². The summed E-state index contributed by atoms with van der Waals surface area (Å²) in [5.41, 5.74) is 3.06. The van der Waals surface area contributed by atoms with E-state index in [0.717, 1.165) is 16.7 Å². The van der Waals surface area contributed by atoms with Gasteiger partial charge in [0.2, 0.25) is 0 Å². The molecule has 0 saturated carbocycles. The average Bonchev–Trinajstić information content (AvgIpc) is 2.25. The highest BCUT2D eigenvalue weighted by Crippen LogP contribution is 2.36. The van der Waals surface area contributed by atoms with Crippen LogP contribution >= 0.6 is 0 Å². The van der Waals surface area contributed by atoms with Gasteiger partial charge in [-0.2, -0.15) is 0 Å². The molecule has 0 heterocycles. The highest BCUT2D eigenvalue weighted by Gasteiger charge is 2.33. The number of carbonyl (C=O) groups is 1. The molecule has 1 aromatic carbocycles. The van der Waals surface area contributed by atoms with Crippen molar-refractivity contribution in [3.63, 3.8) is 0 Å². The Labute approximate surface area is 87.6 Å². The molecule has 2 heteroatoms. The van der Waals surface area contributed by atoms with Crippen molar-refractivity contribution >= 4 is 17.9 Å². The summed E-state index contributed by atoms with van der Waals surface area (Å²) in [7, 11) is 0. The van der Waals surface area contributed by atoms with E-state index in [4.69, 9.17) is 0 Å². The van der Waals surface area contributed by atoms with Gasteiger partial charge in [0.15, 0.2) is 5.78 Å². The maximum absolute atomic E-state index is 11.7. The van der Waals surface area contributed by atoms with E-state index in [1.165, 1.54) is 0 Å². The van der Waals surface area contributed by atoms with E-state index in [-0.39, 0.29) is 5.78 Å². The van der Waals surface area contributed by atoms with Crippen LogP contribution in [0.2, 0.25) is 0 Å². The fourth-order valence-electron chi connectivity index (χ4n) is 2.32. The van der Waals surface area contributed by atoms with Crippen LogP contribution in [0.3, 0.4) is 0 Å². The lowest BCUT2D eigenvalue weighted by atomic mass is 9.77. The number of benzene rings is 1. The molecule has 3 rings (SSSR count). The van der Waals surface area contributed by atoms with Gasteiger partial charge in [0.05, 0.1) is 12.0 Å². The molecule has 2 aliphatic carbocycles. The van der Waals surface area contributed by atoms with Gasteiger partial charge in [-0.15, -0.1) is 0 Å². The molecule has 2 aliphatic rings. The second-order valence-electron chi connectivity index (χ2n) is 3.91. The highest BCUT2D eigenvalue weighted by molar-refractivity contribution is 6.04. The zero-order chi connectivity index (χ0) is 10.4. The number of hydrogen-bond acceptors (Lipinski definition) is 2. The Bertz CT molecular complexity index is 497. The molecular weight excluding hydrogens is 188 g/mol. The predicted molar refractivity (Wildman–Crippen MR) is 58.3 cm³/mol. The van der Waals surface area contributed by atoms with Gasteiger partial charge in [0.25, 0.3) is 0 Å². The molecule has 1 aromatic rings. The fourth-order valence-corrected chi connectivity index (χ4v) is 2.32. The molecule has 15 heavy (non-hydrogen) atoms. The summed E-state index contributed by atoms with van der Waals surface area (Å²) in [6, 6.07) is 5.91. The third kappa shape index (κ3) is 1.12. The number of allylic oxidation sites excluding steroid dienone is 1. The van der Waals surface area contributed by atoms with Crippen molar-refractivity contribution in [2.45, 2.75) is 12.0 Å². The molecule has 0 saturated heterocycles. The summed E-state index contributed by atoms with van der Waals surface area (Å²) in [5, 5.41) is 9.80. The Morgan fingerprint density at radius 1 is 1.07 bits per heavy atom. The van der Waals surface area contributed by atoms with E-state index >= 15 is 0 Å². The van der Waals surface area contributed by atoms with Crippen LogP contribution in [0.25, 0.3) is 12.2 Å². The summed E-state index contributed by atoms with van der Waals surface area (Å²) in [4.78, 5) is 11.7. The van der Waals surface area contributed by atoms with Gasteiger partial charge in [-0.25, -0.2) is 0 Å². The quantitative estimate of drug-likeness (QED) is 0.689. The van der Waals surface area contributed by atoms with Crippen LogP contribution in [0.15, 0.2) is 30.4 Å². The van der Waals surface area contributed by atoms with Crippen LogP contribution in [0, 0.1) is 0 Å². The molecule has 2 nitrogen and oxygen atoms in total. The molecule has 0 aromatic heterocycles. The maximum atomic E-state index is 11.7. The maximum Gasteiger partial charge on any atom is 0.166 e. The molecule has 0 amide bonds. The van der Waals surface area contributed by atoms with E-state index in [0.29, 0.717) is 0 Å². The van der Waals surface area contributed by atoms with Crippen molar-refractivity contribution in [2.24, 2.45) is 0 Å². The van der Waals surface area contributed by atoms with Crippen LogP contribution in [0.5, 0.6) is 0 Å². The van der Waals surface area contributed by atoms with Crippen molar-refractivity contribution in [3.05, 3.63) is 47.0 Å². The van der Waals surface area contributed by atoms with Crippen molar-refractivity contribution < 1.29 is 9.90 Å². The average molecular weight is 198 g/mol. The number of ketones is 1. The van der Waals surface area contributed by atoms with E-state index in [1.54, 1.807) is 12.2 Å². The third-order valence-electron chi connectivity index (χ3n) is 3.03. The third-order valence-corrected chi connectivity index (χ3v) is 3.03. The monoisotopic (exact) mass is 198 g/mol. The minimum absolute atomic E-state index is 0.00759. The summed E-state index contributed by atoms with van der Waals surface area (Å²) < 4.78 is 0. The zero-order valence-corrected chi connectivity index (χ0v) is 8.05. The molecular formula is C13H10O2. The molecule has 0 radical (unpaired) electrons. The molecule has 2 unspecified atom stereocenters. The lowest BCUT2D eigenvalue weighted by Gasteiger charge is -2.28. The molecule has 1 N–H and O–H groups in total. The normalized spacial score (nSPS) is 26.6. The molecule has 0 spiro atoms. The van der Waals surface area contributed by atoms with Gasteiger partial charge in [-0.05, 0) is 22.8 Å². The van der Waals surface area contributed by atoms with Crippen molar-refractivity contribution in [1.82, 2.24) is 0 Å². The Balaban J connectivity index is 2.32. The van der Waals surface area contributed by atoms with Gasteiger partial charge < -0.3 is 5.11 Å². The largest absolute Gasteiger partial charge is 0.388 e. The summed E-state index contributed by atoms with van der Waals surface area (Å²) >= 11 is 0. The topological polar surface area (TPSA) is 37.3 Å². The lowest BCUT2D eigenvalue weighted by Crippen LogP contribution is -2.28. The Hall–Kier alpha value is -1.67. The van der Waals surface area contributed by atoms with Crippen LogP contribution in [0.1, 0.15) is 22.6 Å². The highest BCUT2D eigenvalue weighted by atomic mass is 16.3. The predicted octanol–water partition coefficient (Wildman–Crippen LogP) is 1.75. The van der Waals surface area contributed by atoms with Crippen molar-refractivity contribution in [1.29, 1.82) is 0 Å². The number of rotatable bonds is 0. The Morgan fingerprint density at radius 2 is 1.80 bits per heavy atom. The summed E-state index contributed by atoms with van der Waals surface area (Å²) in [5.74, 6) is -0.405. The minimum atomic E-state index is -0.684. The SMILES string of the molecule is O=C1C=Cc2cccc3c2C1C(O)C=C3. The first-order valence-corrected chi connectivity index (χ1v) is 4.98. The number of hydrogen-bond donors (Lipinski definition) is 1. The van der Waals surface area contributed by atoms with Gasteiger partial charge in [0, 0.05) is 0 Å². The van der Waals surface area contributed by atoms with Gasteiger partial charge in [-0.1, -0.05) is 36.4 Å². The second-order valence-corrected chi connectivity index (χ2v) is 3.91. The molecule has 74 valence electrons. The first kappa shape index (κ1) is 8.62. The molecule has 0 aliphatic heterocycles. The fraction of sp³-hybridized carbons (Fsp3) is 0.154. The van der Waals surface area contributed by atoms with Crippen LogP contribution in [-0.2, 0) is 4.79 Å². The first-order valence-electron chi connectivity index (χ1n) is 4.98. The minimum Gasteiger partial charge on any atom is -0.388 e. The van der Waals surface area contributed by atoms with Crippen LogP contribution in [-0.4, -0.2) is 17.0 Å². The Kier molecular flexibility index (Phi) is 1.67. The smallest absolute Gasteiger partial charge is 0.166 e. The lowest BCUT2D eigenvalue weighted by molar-refractivity contribution is -0.117. The van der Waals surface area contributed by atoms with E-state index in [2.05, 4.69) is 0 Å². The second kappa shape index (κ2) is 2.91. The number of carbonyl (C=O) groups excluding carboxylic acids is 1. The molecule has 2 atom stereocenters. The van der Waals surface area contributed by atoms with Crippen LogP contribution < -0.4 is 0 Å². The number of aliphatic hydroxyl groups is 1. The standard InChI is InChI=1S/C13H10O2/c14-10-6-4-8-2-1-3-9-5-7-11(15)13(10)12(8)9/h1-7,10,13-14H. The Morgan fingerprint density at radius 3 is 2.60 bits per heavy atom. The van der Waals surface area contributed by atoms with Crippen molar-refractivity contribution in [2.75, 3.05) is 0 Å². The first-order chi connectivity index (χ1) is 7.27. The van der Waals surface area contributed by atoms with E-state index < -0.39 is 12.0 Å². The van der Waals surface area contributed by atoms with Gasteiger partial charge in [-0.3, -0.25) is 4.79 Å². The zero-order valence-electron chi connectivity index (χ0n) is 8.05. The van der Waals surface area contributed by atoms with E-state index in [1.807, 2.05) is 30.4 Å². The van der Waals surface area contributed by atoms with E-state index in [9.17, 15) is 9.90 Å². The summed E-state index contributed by atoms with van der Waals surface area (Å²) in [6.45, 7) is 0. The molecule has 0 bridgehead atoms. The van der Waals surface area contributed by atoms with Crippen molar-refractivity contribution in [3.8, 4) is 0 Å². The number of aliphatic hydroxyl groups excluding tert-OH is 1. The summed E-state index contributed by atoms with van der Waals surface area (Å²) in [6.07, 6.45) is 6.26.